The fraction of sp³-hybridized carbons (Fsp3) is 0.556. The molecule has 1 saturated heterocycles. The Hall–Kier alpha value is -1.36. The molecule has 0 radical (unpaired) electrons. The maximum Gasteiger partial charge on any atom is 0.219 e. The Bertz CT molecular complexity index is 304. The second kappa shape index (κ2) is 3.79. The molecule has 2 N–H and O–H groups in total. The van der Waals surface area contributed by atoms with Crippen LogP contribution in [0.2, 0.25) is 0 Å². The maximum absolute atomic E-state index is 5.58. The number of hydrogen-bond acceptors (Lipinski definition) is 5. The van der Waals surface area contributed by atoms with Crippen molar-refractivity contribution in [3.8, 4) is 5.88 Å². The van der Waals surface area contributed by atoms with Crippen molar-refractivity contribution in [1.29, 1.82) is 0 Å². The predicted octanol–water partition coefficient (Wildman–Crippen LogP) is 0.535. The molecule has 1 aromatic rings. The van der Waals surface area contributed by atoms with Gasteiger partial charge in [-0.05, 0) is 6.92 Å². The topological polar surface area (TPSA) is 70.3 Å². The lowest BCUT2D eigenvalue weighted by atomic mass is 10.3. The van der Waals surface area contributed by atoms with Crippen molar-refractivity contribution in [2.45, 2.75) is 19.4 Å². The van der Waals surface area contributed by atoms with Crippen molar-refractivity contribution in [2.24, 2.45) is 0 Å². The van der Waals surface area contributed by atoms with E-state index in [0.717, 1.165) is 13.0 Å². The highest BCUT2D eigenvalue weighted by Crippen LogP contribution is 2.16. The summed E-state index contributed by atoms with van der Waals surface area (Å²) in [6.45, 7) is 3.17. The Morgan fingerprint density at radius 1 is 1.57 bits per heavy atom. The highest BCUT2D eigenvalue weighted by molar-refractivity contribution is 5.32. The normalized spacial score (nSPS) is 21.1. The van der Waals surface area contributed by atoms with Gasteiger partial charge < -0.3 is 15.2 Å². The molecule has 5 nitrogen and oxygen atoms in total. The molecule has 1 aliphatic rings. The van der Waals surface area contributed by atoms with Gasteiger partial charge in [0.15, 0.2) is 0 Å². The first-order valence-electron chi connectivity index (χ1n) is 4.59. The summed E-state index contributed by atoms with van der Waals surface area (Å²) in [5, 5.41) is 0. The highest BCUT2D eigenvalue weighted by Gasteiger charge is 2.17. The van der Waals surface area contributed by atoms with Gasteiger partial charge in [0.25, 0.3) is 0 Å². The summed E-state index contributed by atoms with van der Waals surface area (Å²) in [7, 11) is 0. The standard InChI is InChI=1S/C9H13N3O2/c1-6-11-8(10)4-9(12-6)14-7-2-3-13-5-7/h4,7H,2-3,5H2,1H3,(H2,10,11,12). The number of hydrogen-bond donors (Lipinski definition) is 1. The molecule has 0 spiro atoms. The van der Waals surface area contributed by atoms with Gasteiger partial charge in [0.1, 0.15) is 17.7 Å². The van der Waals surface area contributed by atoms with Crippen molar-refractivity contribution in [2.75, 3.05) is 18.9 Å². The van der Waals surface area contributed by atoms with Gasteiger partial charge in [-0.15, -0.1) is 0 Å². The Balaban J connectivity index is 2.07. The number of rotatable bonds is 2. The molecule has 2 heterocycles. The second-order valence-electron chi connectivity index (χ2n) is 3.28. The lowest BCUT2D eigenvalue weighted by Crippen LogP contribution is -2.17. The number of anilines is 1. The molecule has 0 bridgehead atoms. The minimum Gasteiger partial charge on any atom is -0.472 e. The molecule has 1 fully saturated rings. The monoisotopic (exact) mass is 195 g/mol. The lowest BCUT2D eigenvalue weighted by Gasteiger charge is -2.10. The van der Waals surface area contributed by atoms with Gasteiger partial charge in [0, 0.05) is 12.5 Å². The Morgan fingerprint density at radius 3 is 3.07 bits per heavy atom. The Labute approximate surface area is 82.3 Å². The zero-order valence-corrected chi connectivity index (χ0v) is 8.06. The van der Waals surface area contributed by atoms with Crippen molar-refractivity contribution in [3.05, 3.63) is 11.9 Å². The van der Waals surface area contributed by atoms with Crippen LogP contribution in [0.25, 0.3) is 0 Å². The fourth-order valence-corrected chi connectivity index (χ4v) is 1.40. The van der Waals surface area contributed by atoms with Crippen LogP contribution in [0, 0.1) is 6.92 Å². The molecule has 1 unspecified atom stereocenters. The smallest absolute Gasteiger partial charge is 0.219 e. The fourth-order valence-electron chi connectivity index (χ4n) is 1.40. The first-order valence-corrected chi connectivity index (χ1v) is 4.59. The SMILES string of the molecule is Cc1nc(N)cc(OC2CCOC2)n1. The molecule has 14 heavy (non-hydrogen) atoms. The zero-order valence-electron chi connectivity index (χ0n) is 8.06. The van der Waals surface area contributed by atoms with Crippen LogP contribution in [0.5, 0.6) is 5.88 Å². The minimum atomic E-state index is 0.101. The van der Waals surface area contributed by atoms with Gasteiger partial charge in [0.2, 0.25) is 5.88 Å². The summed E-state index contributed by atoms with van der Waals surface area (Å²) in [5.41, 5.74) is 5.57. The Morgan fingerprint density at radius 2 is 2.43 bits per heavy atom. The van der Waals surface area contributed by atoms with Crippen LogP contribution in [0.15, 0.2) is 6.07 Å². The zero-order chi connectivity index (χ0) is 9.97. The van der Waals surface area contributed by atoms with Crippen LogP contribution >= 0.6 is 0 Å². The van der Waals surface area contributed by atoms with E-state index in [2.05, 4.69) is 9.97 Å². The van der Waals surface area contributed by atoms with Crippen molar-refractivity contribution in [1.82, 2.24) is 9.97 Å². The Kier molecular flexibility index (Phi) is 2.49. The molecule has 2 rings (SSSR count). The van der Waals surface area contributed by atoms with E-state index in [1.807, 2.05) is 0 Å². The van der Waals surface area contributed by atoms with Gasteiger partial charge >= 0.3 is 0 Å². The second-order valence-corrected chi connectivity index (χ2v) is 3.28. The summed E-state index contributed by atoms with van der Waals surface area (Å²) < 4.78 is 10.8. The molecular weight excluding hydrogens is 182 g/mol. The van der Waals surface area contributed by atoms with Crippen LogP contribution in [-0.4, -0.2) is 29.3 Å². The molecule has 0 amide bonds. The third kappa shape index (κ3) is 2.11. The van der Waals surface area contributed by atoms with Crippen LogP contribution < -0.4 is 10.5 Å². The number of aryl methyl sites for hydroxylation is 1. The highest BCUT2D eigenvalue weighted by atomic mass is 16.5. The van der Waals surface area contributed by atoms with E-state index in [-0.39, 0.29) is 6.10 Å². The molecule has 0 aromatic carbocycles. The van der Waals surface area contributed by atoms with Gasteiger partial charge in [-0.25, -0.2) is 4.98 Å². The lowest BCUT2D eigenvalue weighted by molar-refractivity contribution is 0.138. The quantitative estimate of drug-likeness (QED) is 0.745. The molecule has 0 saturated carbocycles. The van der Waals surface area contributed by atoms with E-state index >= 15 is 0 Å². The van der Waals surface area contributed by atoms with Gasteiger partial charge in [-0.3, -0.25) is 0 Å². The largest absolute Gasteiger partial charge is 0.472 e. The summed E-state index contributed by atoms with van der Waals surface area (Å²) in [6.07, 6.45) is 1.01. The van der Waals surface area contributed by atoms with Gasteiger partial charge in [-0.2, -0.15) is 4.98 Å². The maximum atomic E-state index is 5.58. The number of nitrogens with zero attached hydrogens (tertiary/aromatic N) is 2. The van der Waals surface area contributed by atoms with Crippen molar-refractivity contribution < 1.29 is 9.47 Å². The van der Waals surface area contributed by atoms with E-state index in [1.165, 1.54) is 0 Å². The number of ether oxygens (including phenoxy) is 2. The molecule has 5 heteroatoms. The minimum absolute atomic E-state index is 0.101. The van der Waals surface area contributed by atoms with Crippen molar-refractivity contribution in [3.63, 3.8) is 0 Å². The molecular formula is C9H13N3O2. The number of nitrogens with two attached hydrogens (primary N) is 1. The summed E-state index contributed by atoms with van der Waals surface area (Å²) in [4.78, 5) is 8.09. The van der Waals surface area contributed by atoms with E-state index in [4.69, 9.17) is 15.2 Å². The summed E-state index contributed by atoms with van der Waals surface area (Å²) >= 11 is 0. The molecule has 1 atom stereocenters. The van der Waals surface area contributed by atoms with Crippen LogP contribution in [0.1, 0.15) is 12.2 Å². The van der Waals surface area contributed by atoms with E-state index in [0.29, 0.717) is 24.1 Å². The average Bonchev–Trinajstić information content (AvgIpc) is 2.54. The molecule has 1 aromatic heterocycles. The molecule has 1 aliphatic heterocycles. The molecule has 76 valence electrons. The summed E-state index contributed by atoms with van der Waals surface area (Å²) in [5.74, 6) is 1.59. The predicted molar refractivity (Wildman–Crippen MR) is 51.0 cm³/mol. The number of nitrogen functional groups attached to an aromatic ring is 1. The van der Waals surface area contributed by atoms with Crippen LogP contribution in [-0.2, 0) is 4.74 Å². The third-order valence-electron chi connectivity index (χ3n) is 2.01. The first-order chi connectivity index (χ1) is 6.74. The van der Waals surface area contributed by atoms with Crippen LogP contribution in [0.4, 0.5) is 5.82 Å². The summed E-state index contributed by atoms with van der Waals surface area (Å²) in [6, 6.07) is 1.63. The number of aromatic nitrogens is 2. The van der Waals surface area contributed by atoms with Crippen LogP contribution in [0.3, 0.4) is 0 Å². The van der Waals surface area contributed by atoms with E-state index in [9.17, 15) is 0 Å². The van der Waals surface area contributed by atoms with Crippen molar-refractivity contribution >= 4 is 5.82 Å². The van der Waals surface area contributed by atoms with E-state index in [1.54, 1.807) is 13.0 Å². The average molecular weight is 195 g/mol. The molecule has 0 aliphatic carbocycles. The van der Waals surface area contributed by atoms with Gasteiger partial charge in [0.05, 0.1) is 13.2 Å². The first kappa shape index (κ1) is 9.21. The van der Waals surface area contributed by atoms with Gasteiger partial charge in [-0.1, -0.05) is 0 Å². The van der Waals surface area contributed by atoms with E-state index < -0.39 is 0 Å². The third-order valence-corrected chi connectivity index (χ3v) is 2.01.